The molecule has 0 unspecified atom stereocenters. The van der Waals surface area contributed by atoms with Crippen LogP contribution in [0.25, 0.3) is 0 Å². The van der Waals surface area contributed by atoms with Gasteiger partial charge in [0.1, 0.15) is 0 Å². The number of nitrogens with zero attached hydrogens (tertiary/aromatic N) is 4. The van der Waals surface area contributed by atoms with Gasteiger partial charge in [0.2, 0.25) is 11.8 Å². The number of carbonyl (C=O) groups is 1. The average molecular weight is 326 g/mol. The van der Waals surface area contributed by atoms with Crippen LogP contribution in [0.5, 0.6) is 0 Å². The molecule has 1 amide bonds. The molecule has 0 atom stereocenters. The highest BCUT2D eigenvalue weighted by Crippen LogP contribution is 2.33. The van der Waals surface area contributed by atoms with Crippen molar-refractivity contribution in [1.29, 1.82) is 0 Å². The van der Waals surface area contributed by atoms with Gasteiger partial charge >= 0.3 is 0 Å². The van der Waals surface area contributed by atoms with E-state index >= 15 is 0 Å². The maximum Gasteiger partial charge on any atom is 0.234 e. The Morgan fingerprint density at radius 2 is 2.04 bits per heavy atom. The largest absolute Gasteiger partial charge is 0.371 e. The van der Waals surface area contributed by atoms with Crippen LogP contribution in [0.3, 0.4) is 0 Å². The Kier molecular flexibility index (Phi) is 3.96. The zero-order valence-corrected chi connectivity index (χ0v) is 14.0. The van der Waals surface area contributed by atoms with E-state index < -0.39 is 0 Å². The van der Waals surface area contributed by atoms with Gasteiger partial charge in [-0.05, 0) is 43.4 Å². The van der Waals surface area contributed by atoms with Crippen LogP contribution in [-0.2, 0) is 17.6 Å². The highest BCUT2D eigenvalue weighted by Gasteiger charge is 2.25. The number of carbonyl (C=O) groups excluding carboxylic acids is 1. The second kappa shape index (κ2) is 6.26. The van der Waals surface area contributed by atoms with E-state index in [2.05, 4.69) is 33.2 Å². The van der Waals surface area contributed by atoms with E-state index in [1.54, 1.807) is 6.92 Å². The summed E-state index contributed by atoms with van der Waals surface area (Å²) in [6.45, 7) is 4.70. The summed E-state index contributed by atoms with van der Waals surface area (Å²) in [6.07, 6.45) is 4.70. The monoisotopic (exact) mass is 326 g/mol. The van der Waals surface area contributed by atoms with E-state index in [9.17, 15) is 4.79 Å². The van der Waals surface area contributed by atoms with E-state index in [1.165, 1.54) is 24.1 Å². The number of fused-ring (bicyclic) bond motifs is 1. The molecular weight excluding hydrogens is 304 g/mol. The number of benzene rings is 1. The Balaban J connectivity index is 1.59. The summed E-state index contributed by atoms with van der Waals surface area (Å²) < 4.78 is 4.97. The molecule has 24 heavy (non-hydrogen) atoms. The van der Waals surface area contributed by atoms with Crippen LogP contribution in [0.1, 0.15) is 36.5 Å². The molecule has 0 saturated carbocycles. The molecule has 4 rings (SSSR count). The zero-order chi connectivity index (χ0) is 16.5. The van der Waals surface area contributed by atoms with Crippen LogP contribution in [0, 0.1) is 6.92 Å². The van der Waals surface area contributed by atoms with Crippen molar-refractivity contribution >= 4 is 17.3 Å². The first-order valence-electron chi connectivity index (χ1n) is 8.68. The summed E-state index contributed by atoms with van der Waals surface area (Å²) in [6, 6.07) is 6.56. The molecule has 3 heterocycles. The number of aryl methyl sites for hydroxylation is 2. The number of amides is 1. The molecular formula is C18H22N4O2. The summed E-state index contributed by atoms with van der Waals surface area (Å²) >= 11 is 0. The van der Waals surface area contributed by atoms with Gasteiger partial charge in [-0.1, -0.05) is 11.2 Å². The Bertz CT molecular complexity index is 749. The summed E-state index contributed by atoms with van der Waals surface area (Å²) in [7, 11) is 0. The molecule has 6 heteroatoms. The number of aromatic nitrogens is 2. The number of anilines is 2. The van der Waals surface area contributed by atoms with Crippen molar-refractivity contribution in [1.82, 2.24) is 10.1 Å². The maximum atomic E-state index is 12.8. The van der Waals surface area contributed by atoms with E-state index in [0.29, 0.717) is 11.7 Å². The topological polar surface area (TPSA) is 62.5 Å². The molecule has 126 valence electrons. The summed E-state index contributed by atoms with van der Waals surface area (Å²) in [5.74, 6) is 0.990. The Morgan fingerprint density at radius 1 is 1.21 bits per heavy atom. The number of hydrogen-bond acceptors (Lipinski definition) is 5. The van der Waals surface area contributed by atoms with Crippen LogP contribution in [0.2, 0.25) is 0 Å². The van der Waals surface area contributed by atoms with Crippen molar-refractivity contribution in [3.8, 4) is 0 Å². The fourth-order valence-corrected chi connectivity index (χ4v) is 3.64. The Morgan fingerprint density at radius 3 is 2.79 bits per heavy atom. The Hall–Kier alpha value is -2.37. The van der Waals surface area contributed by atoms with E-state index in [1.807, 2.05) is 4.90 Å². The summed E-state index contributed by atoms with van der Waals surface area (Å²) in [5, 5.41) is 3.85. The molecule has 1 fully saturated rings. The third-order valence-corrected chi connectivity index (χ3v) is 4.84. The van der Waals surface area contributed by atoms with Crippen molar-refractivity contribution in [3.63, 3.8) is 0 Å². The smallest absolute Gasteiger partial charge is 0.234 e. The normalized spacial score (nSPS) is 17.2. The second-order valence-corrected chi connectivity index (χ2v) is 6.56. The maximum absolute atomic E-state index is 12.8. The summed E-state index contributed by atoms with van der Waals surface area (Å²) in [5.41, 5.74) is 3.53. The zero-order valence-electron chi connectivity index (χ0n) is 14.0. The van der Waals surface area contributed by atoms with Crippen molar-refractivity contribution in [2.75, 3.05) is 29.4 Å². The number of hydrogen-bond donors (Lipinski definition) is 0. The van der Waals surface area contributed by atoms with Crippen molar-refractivity contribution in [2.45, 2.75) is 39.0 Å². The first kappa shape index (κ1) is 15.2. The first-order chi connectivity index (χ1) is 11.7. The standard InChI is InChI=1S/C18H22N4O2/c1-13-19-17(20-24-13)12-18(23)22-10-4-5-14-6-7-15(11-16(14)22)21-8-2-3-9-21/h6-7,11H,2-5,8-10,12H2,1H3. The third kappa shape index (κ3) is 2.88. The van der Waals surface area contributed by atoms with Gasteiger partial charge in [-0.3, -0.25) is 4.79 Å². The van der Waals surface area contributed by atoms with Crippen LogP contribution in [-0.4, -0.2) is 35.7 Å². The van der Waals surface area contributed by atoms with Gasteiger partial charge in [-0.25, -0.2) is 0 Å². The van der Waals surface area contributed by atoms with Gasteiger partial charge in [-0.2, -0.15) is 4.98 Å². The molecule has 0 aliphatic carbocycles. The first-order valence-corrected chi connectivity index (χ1v) is 8.68. The predicted molar refractivity (Wildman–Crippen MR) is 91.3 cm³/mol. The second-order valence-electron chi connectivity index (χ2n) is 6.56. The van der Waals surface area contributed by atoms with Crippen LogP contribution in [0.4, 0.5) is 11.4 Å². The average Bonchev–Trinajstić information content (AvgIpc) is 3.25. The molecule has 0 radical (unpaired) electrons. The molecule has 1 saturated heterocycles. The molecule has 0 bridgehead atoms. The fourth-order valence-electron chi connectivity index (χ4n) is 3.64. The van der Waals surface area contributed by atoms with Gasteiger partial charge in [0.05, 0.1) is 6.42 Å². The molecule has 2 aliphatic heterocycles. The lowest BCUT2D eigenvalue weighted by Crippen LogP contribution is -2.37. The van der Waals surface area contributed by atoms with E-state index in [0.717, 1.165) is 38.2 Å². The van der Waals surface area contributed by atoms with Gasteiger partial charge in [0, 0.05) is 37.9 Å². The molecule has 2 aliphatic rings. The van der Waals surface area contributed by atoms with Crippen LogP contribution < -0.4 is 9.80 Å². The van der Waals surface area contributed by atoms with Gasteiger partial charge < -0.3 is 14.3 Å². The number of rotatable bonds is 3. The lowest BCUT2D eigenvalue weighted by atomic mass is 10.0. The molecule has 0 N–H and O–H groups in total. The summed E-state index contributed by atoms with van der Waals surface area (Å²) in [4.78, 5) is 21.2. The minimum absolute atomic E-state index is 0.0373. The molecule has 0 spiro atoms. The fraction of sp³-hybridized carbons (Fsp3) is 0.500. The lowest BCUT2D eigenvalue weighted by Gasteiger charge is -2.31. The lowest BCUT2D eigenvalue weighted by molar-refractivity contribution is -0.118. The van der Waals surface area contributed by atoms with Gasteiger partial charge in [0.15, 0.2) is 5.82 Å². The van der Waals surface area contributed by atoms with Crippen molar-refractivity contribution in [3.05, 3.63) is 35.5 Å². The van der Waals surface area contributed by atoms with Crippen LogP contribution >= 0.6 is 0 Å². The minimum atomic E-state index is 0.0373. The van der Waals surface area contributed by atoms with E-state index in [4.69, 9.17) is 4.52 Å². The van der Waals surface area contributed by atoms with E-state index in [-0.39, 0.29) is 12.3 Å². The molecule has 6 nitrogen and oxygen atoms in total. The quantitative estimate of drug-likeness (QED) is 0.867. The molecule has 2 aromatic rings. The SMILES string of the molecule is Cc1nc(CC(=O)N2CCCc3ccc(N4CCCC4)cc32)no1. The van der Waals surface area contributed by atoms with Crippen molar-refractivity contribution < 1.29 is 9.32 Å². The highest BCUT2D eigenvalue weighted by molar-refractivity contribution is 5.96. The highest BCUT2D eigenvalue weighted by atomic mass is 16.5. The van der Waals surface area contributed by atoms with Crippen LogP contribution in [0.15, 0.2) is 22.7 Å². The Labute approximate surface area is 141 Å². The van der Waals surface area contributed by atoms with Gasteiger partial charge in [0.25, 0.3) is 0 Å². The minimum Gasteiger partial charge on any atom is -0.371 e. The molecule has 1 aromatic carbocycles. The predicted octanol–water partition coefficient (Wildman–Crippen LogP) is 2.50. The molecule has 1 aromatic heterocycles. The third-order valence-electron chi connectivity index (χ3n) is 4.84. The van der Waals surface area contributed by atoms with Crippen molar-refractivity contribution in [2.24, 2.45) is 0 Å². The van der Waals surface area contributed by atoms with Gasteiger partial charge in [-0.15, -0.1) is 0 Å².